The van der Waals surface area contributed by atoms with Gasteiger partial charge in [0.1, 0.15) is 0 Å². The topological polar surface area (TPSA) is 72.2 Å². The van der Waals surface area contributed by atoms with Gasteiger partial charge in [-0.05, 0) is 56.8 Å². The summed E-state index contributed by atoms with van der Waals surface area (Å²) in [5, 5.41) is 0. The maximum atomic E-state index is 12.5. The van der Waals surface area contributed by atoms with Crippen LogP contribution in [0, 0.1) is 0 Å². The van der Waals surface area contributed by atoms with E-state index in [9.17, 15) is 8.42 Å². The third kappa shape index (κ3) is 4.53. The van der Waals surface area contributed by atoms with Crippen molar-refractivity contribution < 1.29 is 8.42 Å². The predicted molar refractivity (Wildman–Crippen MR) is 85.6 cm³/mol. The Kier molecular flexibility index (Phi) is 5.41. The predicted octanol–water partition coefficient (Wildman–Crippen LogP) is 2.58. The Bertz CT molecular complexity index is 546. The van der Waals surface area contributed by atoms with Crippen LogP contribution in [0.1, 0.15) is 51.0 Å². The summed E-state index contributed by atoms with van der Waals surface area (Å²) in [6.07, 6.45) is 7.03. The van der Waals surface area contributed by atoms with Gasteiger partial charge in [-0.15, -0.1) is 0 Å². The highest BCUT2D eigenvalue weighted by molar-refractivity contribution is 7.89. The number of nitrogens with one attached hydrogen (secondary N) is 1. The fourth-order valence-electron chi connectivity index (χ4n) is 2.96. The van der Waals surface area contributed by atoms with Crippen LogP contribution in [0.4, 0.5) is 0 Å². The third-order valence-electron chi connectivity index (χ3n) is 4.24. The van der Waals surface area contributed by atoms with Gasteiger partial charge < -0.3 is 5.73 Å². The van der Waals surface area contributed by atoms with Gasteiger partial charge in [-0.3, -0.25) is 0 Å². The van der Waals surface area contributed by atoms with E-state index in [2.05, 4.69) is 4.72 Å². The molecule has 0 heterocycles. The molecule has 118 valence electrons. The molecule has 1 aliphatic carbocycles. The van der Waals surface area contributed by atoms with E-state index in [4.69, 9.17) is 5.73 Å². The molecule has 0 radical (unpaired) electrons. The second-order valence-electron chi connectivity index (χ2n) is 6.26. The smallest absolute Gasteiger partial charge is 0.241 e. The Morgan fingerprint density at radius 2 is 1.76 bits per heavy atom. The van der Waals surface area contributed by atoms with Crippen LogP contribution in [0.25, 0.3) is 0 Å². The quantitative estimate of drug-likeness (QED) is 0.848. The van der Waals surface area contributed by atoms with Crippen LogP contribution in [0.3, 0.4) is 0 Å². The van der Waals surface area contributed by atoms with Gasteiger partial charge in [0.25, 0.3) is 0 Å². The molecule has 0 unspecified atom stereocenters. The molecule has 0 bridgehead atoms. The lowest BCUT2D eigenvalue weighted by Gasteiger charge is -2.34. The van der Waals surface area contributed by atoms with E-state index in [1.807, 2.05) is 19.1 Å². The number of rotatable bonds is 6. The molecule has 2 rings (SSSR count). The minimum Gasteiger partial charge on any atom is -0.330 e. The number of nitrogens with two attached hydrogens (primary N) is 1. The Balaban J connectivity index is 2.08. The van der Waals surface area contributed by atoms with E-state index in [0.717, 1.165) is 44.1 Å². The van der Waals surface area contributed by atoms with Crippen LogP contribution >= 0.6 is 0 Å². The standard InChI is InChI=1S/C16H26N2O2S/c1-16(11-3-2-4-12-16)18-21(19,20)15-9-7-14(8-10-15)6-5-13-17/h7-10,18H,2-6,11-13,17H2,1H3. The first kappa shape index (κ1) is 16.5. The molecule has 0 atom stereocenters. The third-order valence-corrected chi connectivity index (χ3v) is 5.90. The van der Waals surface area contributed by atoms with Gasteiger partial charge in [-0.1, -0.05) is 31.4 Å². The number of hydrogen-bond acceptors (Lipinski definition) is 3. The highest BCUT2D eigenvalue weighted by Crippen LogP contribution is 2.29. The second-order valence-corrected chi connectivity index (χ2v) is 7.95. The number of hydrogen-bond donors (Lipinski definition) is 2. The molecule has 1 aromatic carbocycles. The van der Waals surface area contributed by atoms with E-state index in [1.54, 1.807) is 12.1 Å². The van der Waals surface area contributed by atoms with Crippen molar-refractivity contribution in [2.45, 2.75) is 62.3 Å². The Hall–Kier alpha value is -0.910. The van der Waals surface area contributed by atoms with Crippen molar-refractivity contribution in [1.29, 1.82) is 0 Å². The summed E-state index contributed by atoms with van der Waals surface area (Å²) in [4.78, 5) is 0.353. The van der Waals surface area contributed by atoms with Crippen molar-refractivity contribution in [1.82, 2.24) is 4.72 Å². The number of sulfonamides is 1. The van der Waals surface area contributed by atoms with Crippen molar-refractivity contribution >= 4 is 10.0 Å². The zero-order valence-electron chi connectivity index (χ0n) is 12.8. The second kappa shape index (κ2) is 6.90. The van der Waals surface area contributed by atoms with Gasteiger partial charge >= 0.3 is 0 Å². The highest BCUT2D eigenvalue weighted by Gasteiger charge is 2.31. The van der Waals surface area contributed by atoms with E-state index in [1.165, 1.54) is 6.42 Å². The fourth-order valence-corrected chi connectivity index (χ4v) is 4.42. The summed E-state index contributed by atoms with van der Waals surface area (Å²) in [5.41, 5.74) is 6.32. The molecule has 3 N–H and O–H groups in total. The van der Waals surface area contributed by atoms with Gasteiger partial charge in [-0.2, -0.15) is 0 Å². The lowest BCUT2D eigenvalue weighted by Crippen LogP contribution is -2.47. The molecule has 0 saturated heterocycles. The molecule has 0 aromatic heterocycles. The molecule has 0 amide bonds. The fraction of sp³-hybridized carbons (Fsp3) is 0.625. The van der Waals surface area contributed by atoms with Gasteiger partial charge in [0, 0.05) is 5.54 Å². The van der Waals surface area contributed by atoms with Crippen molar-refractivity contribution in [2.24, 2.45) is 5.73 Å². The summed E-state index contributed by atoms with van der Waals surface area (Å²) in [7, 11) is -3.43. The van der Waals surface area contributed by atoms with Crippen LogP contribution in [0.15, 0.2) is 29.2 Å². The minimum atomic E-state index is -3.43. The molecule has 5 heteroatoms. The summed E-state index contributed by atoms with van der Waals surface area (Å²) in [5.74, 6) is 0. The maximum Gasteiger partial charge on any atom is 0.241 e. The molecular weight excluding hydrogens is 284 g/mol. The van der Waals surface area contributed by atoms with Crippen LogP contribution in [-0.2, 0) is 16.4 Å². The first-order valence-electron chi connectivity index (χ1n) is 7.78. The van der Waals surface area contributed by atoms with E-state index in [0.29, 0.717) is 11.4 Å². The van der Waals surface area contributed by atoms with Crippen molar-refractivity contribution in [3.63, 3.8) is 0 Å². The van der Waals surface area contributed by atoms with Gasteiger partial charge in [0.2, 0.25) is 10.0 Å². The molecule has 21 heavy (non-hydrogen) atoms. The lowest BCUT2D eigenvalue weighted by molar-refractivity contribution is 0.294. The largest absolute Gasteiger partial charge is 0.330 e. The molecule has 0 spiro atoms. The summed E-state index contributed by atoms with van der Waals surface area (Å²) >= 11 is 0. The van der Waals surface area contributed by atoms with Crippen molar-refractivity contribution in [2.75, 3.05) is 6.54 Å². The summed E-state index contributed by atoms with van der Waals surface area (Å²) in [6.45, 7) is 2.67. The Morgan fingerprint density at radius 3 is 2.33 bits per heavy atom. The van der Waals surface area contributed by atoms with E-state index in [-0.39, 0.29) is 5.54 Å². The molecule has 1 saturated carbocycles. The highest BCUT2D eigenvalue weighted by atomic mass is 32.2. The average Bonchev–Trinajstić information content (AvgIpc) is 2.45. The van der Waals surface area contributed by atoms with E-state index >= 15 is 0 Å². The van der Waals surface area contributed by atoms with Crippen molar-refractivity contribution in [3.8, 4) is 0 Å². The Labute approximate surface area is 128 Å². The van der Waals surface area contributed by atoms with Gasteiger partial charge in [0.15, 0.2) is 0 Å². The Morgan fingerprint density at radius 1 is 1.14 bits per heavy atom. The first-order valence-corrected chi connectivity index (χ1v) is 9.27. The summed E-state index contributed by atoms with van der Waals surface area (Å²) in [6, 6.07) is 7.15. The van der Waals surface area contributed by atoms with Crippen molar-refractivity contribution in [3.05, 3.63) is 29.8 Å². The molecular formula is C16H26N2O2S. The monoisotopic (exact) mass is 310 g/mol. The maximum absolute atomic E-state index is 12.5. The zero-order chi connectivity index (χ0) is 15.3. The number of benzene rings is 1. The van der Waals surface area contributed by atoms with Crippen LogP contribution in [-0.4, -0.2) is 20.5 Å². The minimum absolute atomic E-state index is 0.296. The van der Waals surface area contributed by atoms with Gasteiger partial charge in [-0.25, -0.2) is 13.1 Å². The van der Waals surface area contributed by atoms with Crippen LogP contribution in [0.2, 0.25) is 0 Å². The van der Waals surface area contributed by atoms with E-state index < -0.39 is 10.0 Å². The molecule has 1 aliphatic rings. The molecule has 1 aromatic rings. The summed E-state index contributed by atoms with van der Waals surface area (Å²) < 4.78 is 27.9. The average molecular weight is 310 g/mol. The van der Waals surface area contributed by atoms with Gasteiger partial charge in [0.05, 0.1) is 4.90 Å². The SMILES string of the molecule is CC1(NS(=O)(=O)c2ccc(CCCN)cc2)CCCCC1. The first-order chi connectivity index (χ1) is 9.95. The molecule has 4 nitrogen and oxygen atoms in total. The molecule has 0 aliphatic heterocycles. The van der Waals surface area contributed by atoms with Crippen LogP contribution in [0.5, 0.6) is 0 Å². The van der Waals surface area contributed by atoms with Crippen LogP contribution < -0.4 is 10.5 Å². The molecule has 1 fully saturated rings. The zero-order valence-corrected chi connectivity index (χ0v) is 13.6. The lowest BCUT2D eigenvalue weighted by atomic mass is 9.84. The normalized spacial score (nSPS) is 18.6. The number of aryl methyl sites for hydroxylation is 1.